The molecule has 146 valence electrons. The number of aromatic nitrogens is 2. The van der Waals surface area contributed by atoms with Gasteiger partial charge in [-0.3, -0.25) is 9.59 Å². The number of hydrogen-bond acceptors (Lipinski definition) is 5. The summed E-state index contributed by atoms with van der Waals surface area (Å²) in [5, 5.41) is 8.64. The normalized spacial score (nSPS) is 10.8. The number of ether oxygens (including phenoxy) is 2. The van der Waals surface area contributed by atoms with Gasteiger partial charge < -0.3 is 14.8 Å². The summed E-state index contributed by atoms with van der Waals surface area (Å²) in [6.45, 7) is 0.967. The van der Waals surface area contributed by atoms with Gasteiger partial charge in [0.2, 0.25) is 5.91 Å². The predicted molar refractivity (Wildman–Crippen MR) is 106 cm³/mol. The highest BCUT2D eigenvalue weighted by molar-refractivity contribution is 5.84. The Hall–Kier alpha value is -3.19. The van der Waals surface area contributed by atoms with Crippen molar-refractivity contribution in [3.05, 3.63) is 70.1 Å². The standard InChI is InChI=1S/C21H23N3O4/c1-27-11-10-24-21(26)18-9-4-3-8-17(18)19(23-24)14-22-20(25)13-15-6-5-7-16(12-15)28-2/h3-9,12H,10-11,13-14H2,1-2H3,(H,22,25). The maximum atomic E-state index is 12.6. The first-order chi connectivity index (χ1) is 13.6. The fourth-order valence-electron chi connectivity index (χ4n) is 2.98. The highest BCUT2D eigenvalue weighted by atomic mass is 16.5. The molecule has 1 N–H and O–H groups in total. The lowest BCUT2D eigenvalue weighted by atomic mass is 10.1. The summed E-state index contributed by atoms with van der Waals surface area (Å²) in [6.07, 6.45) is 0.235. The third-order valence-corrected chi connectivity index (χ3v) is 4.40. The Labute approximate surface area is 162 Å². The van der Waals surface area contributed by atoms with E-state index in [0.29, 0.717) is 30.0 Å². The second-order valence-corrected chi connectivity index (χ2v) is 6.32. The van der Waals surface area contributed by atoms with Crippen molar-refractivity contribution in [1.29, 1.82) is 0 Å². The number of nitrogens with one attached hydrogen (secondary N) is 1. The second kappa shape index (κ2) is 9.14. The molecule has 0 spiro atoms. The first-order valence-corrected chi connectivity index (χ1v) is 8.99. The zero-order valence-electron chi connectivity index (χ0n) is 16.0. The molecule has 0 saturated heterocycles. The van der Waals surface area contributed by atoms with Crippen LogP contribution in [0.2, 0.25) is 0 Å². The Bertz CT molecular complexity index is 1030. The Morgan fingerprint density at radius 2 is 1.89 bits per heavy atom. The van der Waals surface area contributed by atoms with Gasteiger partial charge >= 0.3 is 0 Å². The number of carbonyl (C=O) groups excluding carboxylic acids is 1. The van der Waals surface area contributed by atoms with E-state index >= 15 is 0 Å². The number of benzene rings is 2. The highest BCUT2D eigenvalue weighted by Crippen LogP contribution is 2.14. The SMILES string of the molecule is COCCn1nc(CNC(=O)Cc2cccc(OC)c2)c2ccccc2c1=O. The molecule has 0 atom stereocenters. The molecule has 0 fully saturated rings. The van der Waals surface area contributed by atoms with E-state index in [1.54, 1.807) is 20.3 Å². The van der Waals surface area contributed by atoms with Gasteiger partial charge in [0.1, 0.15) is 5.75 Å². The van der Waals surface area contributed by atoms with Crippen LogP contribution >= 0.6 is 0 Å². The van der Waals surface area contributed by atoms with E-state index in [2.05, 4.69) is 10.4 Å². The molecule has 1 amide bonds. The van der Waals surface area contributed by atoms with Crippen molar-refractivity contribution in [3.63, 3.8) is 0 Å². The largest absolute Gasteiger partial charge is 0.497 e. The maximum Gasteiger partial charge on any atom is 0.274 e. The van der Waals surface area contributed by atoms with Crippen molar-refractivity contribution in [3.8, 4) is 5.75 Å². The molecule has 3 rings (SSSR count). The van der Waals surface area contributed by atoms with Crippen LogP contribution in [0.5, 0.6) is 5.75 Å². The number of hydrogen-bond donors (Lipinski definition) is 1. The van der Waals surface area contributed by atoms with Crippen LogP contribution in [0.1, 0.15) is 11.3 Å². The van der Waals surface area contributed by atoms with Gasteiger partial charge in [-0.1, -0.05) is 30.3 Å². The van der Waals surface area contributed by atoms with Gasteiger partial charge in [0.05, 0.1) is 44.3 Å². The van der Waals surface area contributed by atoms with Crippen LogP contribution in [0.3, 0.4) is 0 Å². The molecule has 0 saturated carbocycles. The molecule has 1 aromatic heterocycles. The fraction of sp³-hybridized carbons (Fsp3) is 0.286. The molecule has 2 aromatic carbocycles. The maximum absolute atomic E-state index is 12.6. The van der Waals surface area contributed by atoms with Crippen molar-refractivity contribution in [1.82, 2.24) is 15.1 Å². The molecule has 0 bridgehead atoms. The quantitative estimate of drug-likeness (QED) is 0.645. The molecular formula is C21H23N3O4. The van der Waals surface area contributed by atoms with Crippen LogP contribution in [-0.4, -0.2) is 36.5 Å². The number of nitrogens with zero attached hydrogens (tertiary/aromatic N) is 2. The molecule has 0 unspecified atom stereocenters. The van der Waals surface area contributed by atoms with Gasteiger partial charge in [0.25, 0.3) is 5.56 Å². The number of fused-ring (bicyclic) bond motifs is 1. The molecule has 7 heteroatoms. The van der Waals surface area contributed by atoms with E-state index in [1.807, 2.05) is 42.5 Å². The molecule has 0 aliphatic carbocycles. The van der Waals surface area contributed by atoms with Crippen LogP contribution in [0, 0.1) is 0 Å². The second-order valence-electron chi connectivity index (χ2n) is 6.32. The predicted octanol–water partition coefficient (Wildman–Crippen LogP) is 1.91. The van der Waals surface area contributed by atoms with E-state index in [1.165, 1.54) is 4.68 Å². The van der Waals surface area contributed by atoms with Crippen LogP contribution < -0.4 is 15.6 Å². The van der Waals surface area contributed by atoms with Gasteiger partial charge in [0, 0.05) is 12.5 Å². The topological polar surface area (TPSA) is 82.4 Å². The summed E-state index contributed by atoms with van der Waals surface area (Å²) in [4.78, 5) is 24.9. The summed E-state index contributed by atoms with van der Waals surface area (Å²) >= 11 is 0. The van der Waals surface area contributed by atoms with E-state index in [0.717, 1.165) is 10.9 Å². The Kier molecular flexibility index (Phi) is 6.39. The molecular weight excluding hydrogens is 358 g/mol. The first kappa shape index (κ1) is 19.6. The number of amides is 1. The minimum Gasteiger partial charge on any atom is -0.497 e. The average Bonchev–Trinajstić information content (AvgIpc) is 2.72. The van der Waals surface area contributed by atoms with Gasteiger partial charge in [-0.2, -0.15) is 5.10 Å². The van der Waals surface area contributed by atoms with Gasteiger partial charge in [-0.15, -0.1) is 0 Å². The Morgan fingerprint density at radius 1 is 1.11 bits per heavy atom. The highest BCUT2D eigenvalue weighted by Gasteiger charge is 2.12. The molecule has 7 nitrogen and oxygen atoms in total. The lowest BCUT2D eigenvalue weighted by molar-refractivity contribution is -0.120. The van der Waals surface area contributed by atoms with Crippen LogP contribution in [0.25, 0.3) is 10.8 Å². The van der Waals surface area contributed by atoms with E-state index in [9.17, 15) is 9.59 Å². The van der Waals surface area contributed by atoms with Crippen LogP contribution in [0.4, 0.5) is 0 Å². The number of methoxy groups -OCH3 is 2. The summed E-state index contributed by atoms with van der Waals surface area (Å²) in [5.74, 6) is 0.581. The first-order valence-electron chi connectivity index (χ1n) is 8.99. The minimum atomic E-state index is -0.167. The minimum absolute atomic E-state index is 0.131. The van der Waals surface area contributed by atoms with Crippen LogP contribution in [-0.2, 0) is 29.0 Å². The van der Waals surface area contributed by atoms with E-state index < -0.39 is 0 Å². The fourth-order valence-corrected chi connectivity index (χ4v) is 2.98. The summed E-state index contributed by atoms with van der Waals surface area (Å²) in [5.41, 5.74) is 1.34. The van der Waals surface area contributed by atoms with Crippen LogP contribution in [0.15, 0.2) is 53.3 Å². The third kappa shape index (κ3) is 4.55. The van der Waals surface area contributed by atoms with Gasteiger partial charge in [-0.25, -0.2) is 4.68 Å². The van der Waals surface area contributed by atoms with Crippen molar-refractivity contribution >= 4 is 16.7 Å². The third-order valence-electron chi connectivity index (χ3n) is 4.40. The van der Waals surface area contributed by atoms with Gasteiger partial charge in [-0.05, 0) is 23.8 Å². The molecule has 0 aliphatic rings. The van der Waals surface area contributed by atoms with Crippen molar-refractivity contribution in [2.75, 3.05) is 20.8 Å². The average molecular weight is 381 g/mol. The van der Waals surface area contributed by atoms with Crippen molar-refractivity contribution in [2.45, 2.75) is 19.5 Å². The van der Waals surface area contributed by atoms with E-state index in [4.69, 9.17) is 9.47 Å². The molecule has 3 aromatic rings. The molecule has 28 heavy (non-hydrogen) atoms. The van der Waals surface area contributed by atoms with E-state index in [-0.39, 0.29) is 24.4 Å². The summed E-state index contributed by atoms with van der Waals surface area (Å²) < 4.78 is 11.6. The monoisotopic (exact) mass is 381 g/mol. The van der Waals surface area contributed by atoms with Crippen molar-refractivity contribution < 1.29 is 14.3 Å². The Balaban J connectivity index is 1.78. The molecule has 0 radical (unpaired) electrons. The summed E-state index contributed by atoms with van der Waals surface area (Å²) in [7, 11) is 3.17. The summed E-state index contributed by atoms with van der Waals surface area (Å²) in [6, 6.07) is 14.7. The van der Waals surface area contributed by atoms with Gasteiger partial charge in [0.15, 0.2) is 0 Å². The zero-order valence-corrected chi connectivity index (χ0v) is 16.0. The number of carbonyl (C=O) groups is 1. The lowest BCUT2D eigenvalue weighted by Crippen LogP contribution is -2.30. The number of rotatable bonds is 8. The molecule has 0 aliphatic heterocycles. The molecule has 1 heterocycles. The zero-order chi connectivity index (χ0) is 19.9. The lowest BCUT2D eigenvalue weighted by Gasteiger charge is -2.12. The van der Waals surface area contributed by atoms with Crippen molar-refractivity contribution in [2.24, 2.45) is 0 Å². The smallest absolute Gasteiger partial charge is 0.274 e. The Morgan fingerprint density at radius 3 is 2.64 bits per heavy atom.